The van der Waals surface area contributed by atoms with E-state index >= 15 is 0 Å². The smallest absolute Gasteiger partial charge is 0.196 e. The Morgan fingerprint density at radius 3 is 3.00 bits per heavy atom. The Bertz CT molecular complexity index is 424. The Hall–Kier alpha value is -2.25. The fourth-order valence-electron chi connectivity index (χ4n) is 1.09. The largest absolute Gasteiger partial charge is 0.382 e. The molecule has 0 radical (unpaired) electrons. The van der Waals surface area contributed by atoms with Crippen molar-refractivity contribution in [3.63, 3.8) is 0 Å². The van der Waals surface area contributed by atoms with Crippen molar-refractivity contribution in [1.29, 1.82) is 0 Å². The Labute approximate surface area is 85.3 Å². The number of rotatable bonds is 3. The van der Waals surface area contributed by atoms with E-state index in [1.54, 1.807) is 6.20 Å². The Balaban J connectivity index is 2.09. The standard InChI is InChI=1S/C7H10N8/c1-4(7-12-14-15-13-7)10-6-3-9-2-5(8)11-6/h2-4H,1H3,(H3,8,10,11)(H,12,13,14,15). The second-order valence-electron chi connectivity index (χ2n) is 2.97. The highest BCUT2D eigenvalue weighted by molar-refractivity contribution is 5.39. The minimum atomic E-state index is -0.111. The van der Waals surface area contributed by atoms with Gasteiger partial charge in [-0.15, -0.1) is 10.2 Å². The van der Waals surface area contributed by atoms with E-state index in [4.69, 9.17) is 5.73 Å². The van der Waals surface area contributed by atoms with Crippen molar-refractivity contribution >= 4 is 11.6 Å². The summed E-state index contributed by atoms with van der Waals surface area (Å²) in [5, 5.41) is 16.6. The van der Waals surface area contributed by atoms with Crippen LogP contribution in [0.4, 0.5) is 11.6 Å². The summed E-state index contributed by atoms with van der Waals surface area (Å²) in [6, 6.07) is -0.111. The second kappa shape index (κ2) is 3.86. The summed E-state index contributed by atoms with van der Waals surface area (Å²) in [5.41, 5.74) is 5.49. The normalized spacial score (nSPS) is 12.3. The van der Waals surface area contributed by atoms with Gasteiger partial charge in [-0.05, 0) is 6.92 Å². The van der Waals surface area contributed by atoms with E-state index in [-0.39, 0.29) is 6.04 Å². The first-order chi connectivity index (χ1) is 7.25. The Morgan fingerprint density at radius 2 is 2.33 bits per heavy atom. The van der Waals surface area contributed by atoms with Crippen LogP contribution in [0.15, 0.2) is 12.4 Å². The third-order valence-electron chi connectivity index (χ3n) is 1.77. The number of hydrogen-bond acceptors (Lipinski definition) is 7. The van der Waals surface area contributed by atoms with Gasteiger partial charge in [0.15, 0.2) is 5.82 Å². The summed E-state index contributed by atoms with van der Waals surface area (Å²) < 4.78 is 0. The molecule has 2 rings (SSSR count). The number of nitrogen functional groups attached to an aromatic ring is 1. The van der Waals surface area contributed by atoms with Crippen LogP contribution in [0, 0.1) is 0 Å². The molecule has 0 fully saturated rings. The zero-order chi connectivity index (χ0) is 10.7. The van der Waals surface area contributed by atoms with Gasteiger partial charge in [0.25, 0.3) is 0 Å². The summed E-state index contributed by atoms with van der Waals surface area (Å²) in [5.74, 6) is 1.49. The zero-order valence-corrected chi connectivity index (χ0v) is 8.05. The lowest BCUT2D eigenvalue weighted by atomic mass is 10.3. The summed E-state index contributed by atoms with van der Waals surface area (Å²) in [6.07, 6.45) is 3.05. The van der Waals surface area contributed by atoms with Gasteiger partial charge in [-0.3, -0.25) is 4.98 Å². The summed E-state index contributed by atoms with van der Waals surface area (Å²) in [7, 11) is 0. The second-order valence-corrected chi connectivity index (χ2v) is 2.97. The Kier molecular flexibility index (Phi) is 2.40. The molecule has 0 aromatic carbocycles. The summed E-state index contributed by atoms with van der Waals surface area (Å²) in [4.78, 5) is 7.95. The molecule has 8 heteroatoms. The minimum Gasteiger partial charge on any atom is -0.382 e. The molecule has 8 nitrogen and oxygen atoms in total. The van der Waals surface area contributed by atoms with Gasteiger partial charge in [-0.25, -0.2) is 4.98 Å². The molecule has 1 unspecified atom stereocenters. The maximum absolute atomic E-state index is 5.49. The minimum absolute atomic E-state index is 0.111. The van der Waals surface area contributed by atoms with Crippen LogP contribution in [0.2, 0.25) is 0 Å². The predicted octanol–water partition coefficient (Wildman–Crippen LogP) is -0.255. The third-order valence-corrected chi connectivity index (χ3v) is 1.77. The monoisotopic (exact) mass is 206 g/mol. The average molecular weight is 206 g/mol. The lowest BCUT2D eigenvalue weighted by Gasteiger charge is -2.09. The fraction of sp³-hybridized carbons (Fsp3) is 0.286. The third kappa shape index (κ3) is 2.16. The molecule has 2 aromatic heterocycles. The molecule has 2 aromatic rings. The van der Waals surface area contributed by atoms with Crippen molar-refractivity contribution < 1.29 is 0 Å². The van der Waals surface area contributed by atoms with Gasteiger partial charge in [-0.1, -0.05) is 5.21 Å². The average Bonchev–Trinajstić information content (AvgIpc) is 2.70. The fourth-order valence-corrected chi connectivity index (χ4v) is 1.09. The van der Waals surface area contributed by atoms with Gasteiger partial charge >= 0.3 is 0 Å². The molecule has 0 amide bonds. The van der Waals surface area contributed by atoms with Crippen molar-refractivity contribution in [3.05, 3.63) is 18.2 Å². The number of aromatic amines is 1. The molecule has 0 spiro atoms. The van der Waals surface area contributed by atoms with E-state index in [1.807, 2.05) is 6.92 Å². The first-order valence-electron chi connectivity index (χ1n) is 4.33. The van der Waals surface area contributed by atoms with Crippen LogP contribution in [0.1, 0.15) is 18.8 Å². The molecule has 4 N–H and O–H groups in total. The Morgan fingerprint density at radius 1 is 1.47 bits per heavy atom. The highest BCUT2D eigenvalue weighted by Gasteiger charge is 2.10. The molecular formula is C7H10N8. The number of H-pyrrole nitrogens is 1. The van der Waals surface area contributed by atoms with Gasteiger partial charge in [0.05, 0.1) is 18.4 Å². The van der Waals surface area contributed by atoms with E-state index in [9.17, 15) is 0 Å². The van der Waals surface area contributed by atoms with Crippen molar-refractivity contribution in [3.8, 4) is 0 Å². The van der Waals surface area contributed by atoms with Crippen LogP contribution < -0.4 is 11.1 Å². The quantitative estimate of drug-likeness (QED) is 0.633. The van der Waals surface area contributed by atoms with Gasteiger partial charge in [-0.2, -0.15) is 5.21 Å². The van der Waals surface area contributed by atoms with E-state index in [0.717, 1.165) is 0 Å². The predicted molar refractivity (Wildman–Crippen MR) is 52.7 cm³/mol. The first-order valence-corrected chi connectivity index (χ1v) is 4.33. The van der Waals surface area contributed by atoms with Crippen molar-refractivity contribution in [2.24, 2.45) is 0 Å². The summed E-state index contributed by atoms with van der Waals surface area (Å²) >= 11 is 0. The van der Waals surface area contributed by atoms with E-state index < -0.39 is 0 Å². The maximum atomic E-state index is 5.49. The summed E-state index contributed by atoms with van der Waals surface area (Å²) in [6.45, 7) is 1.88. The highest BCUT2D eigenvalue weighted by atomic mass is 15.5. The molecule has 78 valence electrons. The van der Waals surface area contributed by atoms with E-state index in [2.05, 4.69) is 35.9 Å². The molecule has 2 heterocycles. The lowest BCUT2D eigenvalue weighted by Crippen LogP contribution is -2.10. The molecule has 1 atom stereocenters. The number of nitrogens with one attached hydrogen (secondary N) is 2. The van der Waals surface area contributed by atoms with Crippen LogP contribution in [0.5, 0.6) is 0 Å². The number of nitrogens with two attached hydrogens (primary N) is 1. The SMILES string of the molecule is CC(Nc1cncc(N)n1)c1nn[nH]n1. The van der Waals surface area contributed by atoms with Crippen molar-refractivity contribution in [1.82, 2.24) is 30.6 Å². The maximum Gasteiger partial charge on any atom is 0.196 e. The topological polar surface area (TPSA) is 118 Å². The molecule has 0 saturated heterocycles. The highest BCUT2D eigenvalue weighted by Crippen LogP contribution is 2.12. The van der Waals surface area contributed by atoms with Crippen molar-refractivity contribution in [2.45, 2.75) is 13.0 Å². The van der Waals surface area contributed by atoms with Gasteiger partial charge < -0.3 is 11.1 Å². The zero-order valence-electron chi connectivity index (χ0n) is 8.05. The first kappa shape index (κ1) is 9.31. The number of aromatic nitrogens is 6. The van der Waals surface area contributed by atoms with Gasteiger partial charge in [0, 0.05) is 0 Å². The van der Waals surface area contributed by atoms with E-state index in [1.165, 1.54) is 6.20 Å². The number of hydrogen-bond donors (Lipinski definition) is 3. The number of tetrazole rings is 1. The number of anilines is 2. The molecule has 0 bridgehead atoms. The molecule has 0 aliphatic rings. The lowest BCUT2D eigenvalue weighted by molar-refractivity contribution is 0.787. The van der Waals surface area contributed by atoms with Crippen LogP contribution in [0.3, 0.4) is 0 Å². The van der Waals surface area contributed by atoms with Crippen molar-refractivity contribution in [2.75, 3.05) is 11.1 Å². The molecule has 0 saturated carbocycles. The van der Waals surface area contributed by atoms with Crippen LogP contribution in [0.25, 0.3) is 0 Å². The molecular weight excluding hydrogens is 196 g/mol. The number of nitrogens with zero attached hydrogens (tertiary/aromatic N) is 5. The van der Waals surface area contributed by atoms with Crippen LogP contribution in [-0.4, -0.2) is 30.6 Å². The molecule has 0 aliphatic heterocycles. The van der Waals surface area contributed by atoms with Crippen LogP contribution in [-0.2, 0) is 0 Å². The van der Waals surface area contributed by atoms with Gasteiger partial charge in [0.2, 0.25) is 0 Å². The molecule has 15 heavy (non-hydrogen) atoms. The van der Waals surface area contributed by atoms with Crippen LogP contribution >= 0.6 is 0 Å². The van der Waals surface area contributed by atoms with E-state index in [0.29, 0.717) is 17.5 Å². The van der Waals surface area contributed by atoms with Gasteiger partial charge in [0.1, 0.15) is 11.6 Å². The molecule has 0 aliphatic carbocycles.